The largest absolute Gasteiger partial charge is 0.275 e. The maximum atomic E-state index is 12.5. The Morgan fingerprint density at radius 1 is 1.26 bits per heavy atom. The fourth-order valence-electron chi connectivity index (χ4n) is 2.48. The Morgan fingerprint density at radius 3 is 2.70 bits per heavy atom. The third-order valence-electron chi connectivity index (χ3n) is 3.94. The zero-order valence-corrected chi connectivity index (χ0v) is 15.7. The molecule has 0 amide bonds. The zero-order valence-electron chi connectivity index (χ0n) is 14.2. The first kappa shape index (κ1) is 19.0. The molecule has 2 aromatic carbocycles. The minimum Gasteiger partial charge on any atom is -0.258 e. The summed E-state index contributed by atoms with van der Waals surface area (Å²) in [5.41, 5.74) is 1.36. The van der Waals surface area contributed by atoms with Crippen LogP contribution in [0.4, 0.5) is 5.69 Å². The second kappa shape index (κ2) is 7.47. The highest BCUT2D eigenvalue weighted by Crippen LogP contribution is 2.29. The molecule has 3 aromatic rings. The average molecular weight is 407 g/mol. The second-order valence-electron chi connectivity index (χ2n) is 5.75. The number of halogens is 1. The van der Waals surface area contributed by atoms with E-state index in [1.54, 1.807) is 41.3 Å². The molecule has 0 aliphatic carbocycles. The maximum absolute atomic E-state index is 12.5. The summed E-state index contributed by atoms with van der Waals surface area (Å²) in [5.74, 6) is 0. The number of nitrogens with zero attached hydrogens (tertiary/aromatic N) is 3. The molecule has 0 radical (unpaired) electrons. The Bertz CT molecular complexity index is 1100. The summed E-state index contributed by atoms with van der Waals surface area (Å²) in [6.45, 7) is 1.47. The minimum atomic E-state index is -3.98. The Hall–Kier alpha value is -2.75. The van der Waals surface area contributed by atoms with Gasteiger partial charge in [-0.2, -0.15) is 5.10 Å². The standard InChI is InChI=1S/C17H15ClN4O4S/c1-12-16(18)9-15(10-17(12)22(23)24)27(25,26)20-11-13-4-2-5-14(8-13)21-7-3-6-19-21/h2-10,20H,11H2,1H3. The van der Waals surface area contributed by atoms with Crippen molar-refractivity contribution in [1.82, 2.24) is 14.5 Å². The van der Waals surface area contributed by atoms with E-state index in [-0.39, 0.29) is 27.7 Å². The first-order valence-electron chi connectivity index (χ1n) is 7.81. The third-order valence-corrected chi connectivity index (χ3v) is 5.72. The van der Waals surface area contributed by atoms with Crippen LogP contribution in [0.2, 0.25) is 5.02 Å². The van der Waals surface area contributed by atoms with Gasteiger partial charge in [0.05, 0.1) is 20.5 Å². The van der Waals surface area contributed by atoms with Gasteiger partial charge in [-0.15, -0.1) is 0 Å². The highest BCUT2D eigenvalue weighted by molar-refractivity contribution is 7.89. The van der Waals surface area contributed by atoms with Gasteiger partial charge in [0.2, 0.25) is 10.0 Å². The second-order valence-corrected chi connectivity index (χ2v) is 7.93. The van der Waals surface area contributed by atoms with Gasteiger partial charge in [-0.3, -0.25) is 10.1 Å². The van der Waals surface area contributed by atoms with Crippen molar-refractivity contribution in [3.63, 3.8) is 0 Å². The van der Waals surface area contributed by atoms with Gasteiger partial charge >= 0.3 is 0 Å². The molecule has 0 fully saturated rings. The van der Waals surface area contributed by atoms with Crippen LogP contribution in [0.15, 0.2) is 59.8 Å². The Kier molecular flexibility index (Phi) is 5.26. The lowest BCUT2D eigenvalue weighted by molar-refractivity contribution is -0.385. The normalized spacial score (nSPS) is 11.5. The summed E-state index contributed by atoms with van der Waals surface area (Å²) in [6.07, 6.45) is 3.42. The summed E-state index contributed by atoms with van der Waals surface area (Å²) in [5, 5.41) is 15.3. The Morgan fingerprint density at radius 2 is 2.04 bits per heavy atom. The van der Waals surface area contributed by atoms with Gasteiger partial charge in [-0.1, -0.05) is 23.7 Å². The van der Waals surface area contributed by atoms with Crippen LogP contribution in [0, 0.1) is 17.0 Å². The van der Waals surface area contributed by atoms with Crippen molar-refractivity contribution >= 4 is 27.3 Å². The molecule has 1 N–H and O–H groups in total. The van der Waals surface area contributed by atoms with Crippen molar-refractivity contribution in [3.05, 3.63) is 81.1 Å². The van der Waals surface area contributed by atoms with Gasteiger partial charge in [0.15, 0.2) is 0 Å². The average Bonchev–Trinajstić information content (AvgIpc) is 3.17. The van der Waals surface area contributed by atoms with Crippen LogP contribution in [0.3, 0.4) is 0 Å². The van der Waals surface area contributed by atoms with Crippen LogP contribution in [0.5, 0.6) is 0 Å². The van der Waals surface area contributed by atoms with Crippen LogP contribution < -0.4 is 4.72 Å². The van der Waals surface area contributed by atoms with Gasteiger partial charge in [0.25, 0.3) is 5.69 Å². The molecule has 0 unspecified atom stereocenters. The van der Waals surface area contributed by atoms with E-state index in [1.165, 1.54) is 13.0 Å². The highest BCUT2D eigenvalue weighted by atomic mass is 35.5. The van der Waals surface area contributed by atoms with Gasteiger partial charge in [-0.05, 0) is 36.8 Å². The van der Waals surface area contributed by atoms with E-state index >= 15 is 0 Å². The molecule has 3 rings (SSSR count). The number of benzene rings is 2. The topological polar surface area (TPSA) is 107 Å². The van der Waals surface area contributed by atoms with Gasteiger partial charge in [-0.25, -0.2) is 17.8 Å². The van der Waals surface area contributed by atoms with Crippen molar-refractivity contribution in [3.8, 4) is 5.69 Å². The van der Waals surface area contributed by atoms with E-state index in [0.717, 1.165) is 11.8 Å². The number of nitrogens with one attached hydrogen (secondary N) is 1. The van der Waals surface area contributed by atoms with E-state index in [0.29, 0.717) is 5.56 Å². The smallest absolute Gasteiger partial charge is 0.258 e. The summed E-state index contributed by atoms with van der Waals surface area (Å²) in [6, 6.07) is 11.2. The lowest BCUT2D eigenvalue weighted by Gasteiger charge is -2.10. The number of rotatable bonds is 6. The lowest BCUT2D eigenvalue weighted by Crippen LogP contribution is -2.23. The van der Waals surface area contributed by atoms with Crippen LogP contribution >= 0.6 is 11.6 Å². The number of nitro groups is 1. The van der Waals surface area contributed by atoms with Crippen LogP contribution in [0.1, 0.15) is 11.1 Å². The number of sulfonamides is 1. The number of hydrogen-bond acceptors (Lipinski definition) is 5. The molecule has 0 atom stereocenters. The molecule has 0 saturated heterocycles. The van der Waals surface area contributed by atoms with Gasteiger partial charge in [0, 0.05) is 30.6 Å². The molecule has 140 valence electrons. The molecule has 0 spiro atoms. The van der Waals surface area contributed by atoms with Crippen LogP contribution in [-0.2, 0) is 16.6 Å². The molecule has 1 aromatic heterocycles. The number of aromatic nitrogens is 2. The maximum Gasteiger partial charge on any atom is 0.275 e. The summed E-state index contributed by atoms with van der Waals surface area (Å²) in [4.78, 5) is 10.2. The van der Waals surface area contributed by atoms with Crippen molar-refractivity contribution in [2.45, 2.75) is 18.4 Å². The first-order chi connectivity index (χ1) is 12.8. The predicted octanol–water partition coefficient (Wildman–Crippen LogP) is 3.22. The molecule has 0 saturated carbocycles. The van der Waals surface area contributed by atoms with E-state index in [4.69, 9.17) is 11.6 Å². The molecule has 0 bridgehead atoms. The molecular weight excluding hydrogens is 392 g/mol. The Labute approximate surface area is 160 Å². The third kappa shape index (κ3) is 4.16. The van der Waals surface area contributed by atoms with Crippen molar-refractivity contribution in [2.24, 2.45) is 0 Å². The van der Waals surface area contributed by atoms with Gasteiger partial charge in [0.1, 0.15) is 0 Å². The first-order valence-corrected chi connectivity index (χ1v) is 9.67. The van der Waals surface area contributed by atoms with E-state index < -0.39 is 14.9 Å². The van der Waals surface area contributed by atoms with E-state index in [2.05, 4.69) is 9.82 Å². The number of hydrogen-bond donors (Lipinski definition) is 1. The van der Waals surface area contributed by atoms with Crippen molar-refractivity contribution < 1.29 is 13.3 Å². The van der Waals surface area contributed by atoms with Crippen LogP contribution in [-0.4, -0.2) is 23.1 Å². The van der Waals surface area contributed by atoms with Crippen LogP contribution in [0.25, 0.3) is 5.69 Å². The minimum absolute atomic E-state index is 0.0106. The monoisotopic (exact) mass is 406 g/mol. The van der Waals surface area contributed by atoms with Crippen molar-refractivity contribution in [2.75, 3.05) is 0 Å². The molecule has 0 aliphatic heterocycles. The summed E-state index contributed by atoms with van der Waals surface area (Å²) < 4.78 is 29.2. The predicted molar refractivity (Wildman–Crippen MR) is 100 cm³/mol. The SMILES string of the molecule is Cc1c(Cl)cc(S(=O)(=O)NCc2cccc(-n3cccn3)c2)cc1[N+](=O)[O-]. The van der Waals surface area contributed by atoms with Gasteiger partial charge < -0.3 is 0 Å². The molecule has 27 heavy (non-hydrogen) atoms. The molecule has 1 heterocycles. The molecule has 0 aliphatic rings. The number of nitro benzene ring substituents is 1. The molecular formula is C17H15ClN4O4S. The van der Waals surface area contributed by atoms with Crippen molar-refractivity contribution in [1.29, 1.82) is 0 Å². The van der Waals surface area contributed by atoms with E-state index in [9.17, 15) is 18.5 Å². The summed E-state index contributed by atoms with van der Waals surface area (Å²) >= 11 is 5.96. The fourth-order valence-corrected chi connectivity index (χ4v) is 3.82. The fraction of sp³-hybridized carbons (Fsp3) is 0.118. The quantitative estimate of drug-likeness (QED) is 0.499. The zero-order chi connectivity index (χ0) is 19.6. The molecule has 10 heteroatoms. The molecule has 8 nitrogen and oxygen atoms in total. The lowest BCUT2D eigenvalue weighted by atomic mass is 10.2. The van der Waals surface area contributed by atoms with E-state index in [1.807, 2.05) is 6.07 Å². The Balaban J connectivity index is 1.84. The summed E-state index contributed by atoms with van der Waals surface area (Å²) in [7, 11) is -3.98. The highest BCUT2D eigenvalue weighted by Gasteiger charge is 2.22.